The minimum atomic E-state index is -1.27. The van der Waals surface area contributed by atoms with Crippen LogP contribution in [-0.2, 0) is 0 Å². The Hall–Kier alpha value is -0.650. The zero-order valence-corrected chi connectivity index (χ0v) is 12.8. The third-order valence-electron chi connectivity index (χ3n) is 3.27. The van der Waals surface area contributed by atoms with E-state index in [4.69, 9.17) is 0 Å². The molecule has 1 saturated heterocycles. The van der Waals surface area contributed by atoms with E-state index in [1.807, 2.05) is 24.3 Å². The van der Waals surface area contributed by atoms with Crippen molar-refractivity contribution in [1.82, 2.24) is 5.32 Å². The summed E-state index contributed by atoms with van der Waals surface area (Å²) in [4.78, 5) is 0. The first kappa shape index (κ1) is 17.4. The maximum absolute atomic E-state index is 3.82. The van der Waals surface area contributed by atoms with Crippen molar-refractivity contribution in [3.63, 3.8) is 0 Å². The van der Waals surface area contributed by atoms with Crippen LogP contribution in [0.25, 0.3) is 0 Å². The summed E-state index contributed by atoms with van der Waals surface area (Å²) in [6.07, 6.45) is 15.4. The second-order valence-corrected chi connectivity index (χ2v) is 9.56. The van der Waals surface area contributed by atoms with Crippen LogP contribution in [0.2, 0.25) is 0 Å². The number of rotatable bonds is 8. The second-order valence-electron chi connectivity index (χ2n) is 4.93. The molecule has 0 unspecified atom stereocenters. The summed E-state index contributed by atoms with van der Waals surface area (Å²) in [6.45, 7) is 17.8. The van der Waals surface area contributed by atoms with Gasteiger partial charge in [-0.05, 0) is 25.9 Å². The Kier molecular flexibility index (Phi) is 11.0. The van der Waals surface area contributed by atoms with E-state index in [0.717, 1.165) is 24.6 Å². The van der Waals surface area contributed by atoms with Crippen molar-refractivity contribution in [1.29, 1.82) is 0 Å². The third kappa shape index (κ3) is 7.63. The minimum absolute atomic E-state index is 1.14. The quantitative estimate of drug-likeness (QED) is 0.520. The summed E-state index contributed by atoms with van der Waals surface area (Å²) in [5.74, 6) is 0. The average Bonchev–Trinajstić information content (AvgIpc) is 2.89. The average molecular weight is 267 g/mol. The van der Waals surface area contributed by atoms with Crippen LogP contribution in [0.5, 0.6) is 0 Å². The molecule has 0 aromatic carbocycles. The van der Waals surface area contributed by atoms with Crippen LogP contribution in [0.15, 0.2) is 50.6 Å². The van der Waals surface area contributed by atoms with E-state index < -0.39 is 7.26 Å². The van der Waals surface area contributed by atoms with E-state index in [0.29, 0.717) is 0 Å². The molecule has 1 aliphatic heterocycles. The van der Waals surface area contributed by atoms with Gasteiger partial charge in [0.1, 0.15) is 0 Å². The summed E-state index contributed by atoms with van der Waals surface area (Å²) in [6, 6.07) is 0. The first-order valence-corrected chi connectivity index (χ1v) is 9.72. The van der Waals surface area contributed by atoms with E-state index in [1.165, 1.54) is 25.9 Å². The third-order valence-corrected chi connectivity index (χ3v) is 7.89. The fourth-order valence-electron chi connectivity index (χ4n) is 2.35. The van der Waals surface area contributed by atoms with E-state index >= 15 is 0 Å². The van der Waals surface area contributed by atoms with Crippen molar-refractivity contribution >= 4 is 7.26 Å². The number of hydrogen-bond donors (Lipinski definition) is 1. The van der Waals surface area contributed by atoms with E-state index in [2.05, 4.69) is 31.6 Å². The zero-order valence-electron chi connectivity index (χ0n) is 11.8. The second kappa shape index (κ2) is 11.4. The van der Waals surface area contributed by atoms with E-state index in [1.54, 1.807) is 0 Å². The van der Waals surface area contributed by atoms with Crippen LogP contribution in [-0.4, -0.2) is 37.7 Å². The van der Waals surface area contributed by atoms with Crippen molar-refractivity contribution in [2.45, 2.75) is 12.8 Å². The number of hydrogen-bond acceptors (Lipinski definition) is 1. The molecule has 0 amide bonds. The molecule has 0 aromatic heterocycles. The molecule has 18 heavy (non-hydrogen) atoms. The SMILES string of the molecule is C1CCNC1.C=CC[PH](CC=C)(CC=C)CC=C. The molecule has 0 spiro atoms. The summed E-state index contributed by atoms with van der Waals surface area (Å²) in [5.41, 5.74) is 0. The first-order valence-electron chi connectivity index (χ1n) is 6.89. The van der Waals surface area contributed by atoms with Crippen molar-refractivity contribution in [3.8, 4) is 0 Å². The summed E-state index contributed by atoms with van der Waals surface area (Å²) < 4.78 is 0. The van der Waals surface area contributed by atoms with Gasteiger partial charge in [0, 0.05) is 0 Å². The molecule has 0 aliphatic carbocycles. The van der Waals surface area contributed by atoms with Crippen LogP contribution in [0.1, 0.15) is 12.8 Å². The number of allylic oxidation sites excluding steroid dienone is 4. The first-order chi connectivity index (χ1) is 8.74. The van der Waals surface area contributed by atoms with Crippen molar-refractivity contribution in [3.05, 3.63) is 50.6 Å². The van der Waals surface area contributed by atoms with Gasteiger partial charge in [0.25, 0.3) is 0 Å². The molecule has 1 N–H and O–H groups in total. The fraction of sp³-hybridized carbons (Fsp3) is 0.500. The van der Waals surface area contributed by atoms with Gasteiger partial charge in [-0.15, -0.1) is 0 Å². The van der Waals surface area contributed by atoms with Crippen LogP contribution in [0.4, 0.5) is 0 Å². The Bertz CT molecular complexity index is 201. The van der Waals surface area contributed by atoms with Gasteiger partial charge in [0.05, 0.1) is 0 Å². The Labute approximate surface area is 114 Å². The molecular weight excluding hydrogens is 237 g/mol. The van der Waals surface area contributed by atoms with Crippen molar-refractivity contribution in [2.75, 3.05) is 37.7 Å². The molecule has 1 heterocycles. The van der Waals surface area contributed by atoms with Gasteiger partial charge in [-0.25, -0.2) is 0 Å². The molecule has 0 aromatic rings. The number of nitrogens with one attached hydrogen (secondary N) is 1. The molecule has 0 bridgehead atoms. The molecule has 1 rings (SSSR count). The molecule has 104 valence electrons. The summed E-state index contributed by atoms with van der Waals surface area (Å²) >= 11 is 0. The van der Waals surface area contributed by atoms with Crippen LogP contribution in [0, 0.1) is 0 Å². The van der Waals surface area contributed by atoms with Crippen molar-refractivity contribution in [2.24, 2.45) is 0 Å². The van der Waals surface area contributed by atoms with Gasteiger partial charge >= 0.3 is 82.5 Å². The predicted octanol–water partition coefficient (Wildman–Crippen LogP) is 3.85. The normalized spacial score (nSPS) is 15.1. The van der Waals surface area contributed by atoms with E-state index in [-0.39, 0.29) is 0 Å². The van der Waals surface area contributed by atoms with Gasteiger partial charge in [-0.3, -0.25) is 0 Å². The molecular formula is C16H30NP. The van der Waals surface area contributed by atoms with Crippen LogP contribution >= 0.6 is 7.26 Å². The molecule has 0 saturated carbocycles. The Morgan fingerprint density at radius 3 is 1.22 bits per heavy atom. The van der Waals surface area contributed by atoms with Gasteiger partial charge < -0.3 is 5.32 Å². The Morgan fingerprint density at radius 2 is 1.06 bits per heavy atom. The molecule has 2 heteroatoms. The molecule has 1 aliphatic rings. The van der Waals surface area contributed by atoms with E-state index in [9.17, 15) is 0 Å². The van der Waals surface area contributed by atoms with Gasteiger partial charge in [-0.1, -0.05) is 0 Å². The maximum atomic E-state index is 3.82. The Balaban J connectivity index is 0.000000473. The van der Waals surface area contributed by atoms with Crippen LogP contribution < -0.4 is 5.32 Å². The monoisotopic (exact) mass is 267 g/mol. The fourth-order valence-corrected chi connectivity index (χ4v) is 5.80. The standard InChI is InChI=1S/C12H21P.C4H9N/c1-5-9-13(10-6-2,11-7-3)12-8-4;1-2-4-5-3-1/h5-8,13H,1-4,9-12H2;5H,1-4H2. The summed E-state index contributed by atoms with van der Waals surface area (Å²) in [7, 11) is -1.27. The molecule has 1 nitrogen and oxygen atoms in total. The topological polar surface area (TPSA) is 12.0 Å². The van der Waals surface area contributed by atoms with Gasteiger partial charge in [-0.2, -0.15) is 0 Å². The predicted molar refractivity (Wildman–Crippen MR) is 90.7 cm³/mol. The van der Waals surface area contributed by atoms with Gasteiger partial charge in [0.2, 0.25) is 0 Å². The Morgan fingerprint density at radius 1 is 0.722 bits per heavy atom. The molecule has 1 fully saturated rings. The van der Waals surface area contributed by atoms with Gasteiger partial charge in [0.15, 0.2) is 0 Å². The molecule has 0 radical (unpaired) electrons. The van der Waals surface area contributed by atoms with Crippen LogP contribution in [0.3, 0.4) is 0 Å². The molecule has 0 atom stereocenters. The van der Waals surface area contributed by atoms with Crippen molar-refractivity contribution < 1.29 is 0 Å². The summed E-state index contributed by atoms with van der Waals surface area (Å²) in [5, 5.41) is 3.22. The zero-order chi connectivity index (χ0) is 13.7.